The lowest BCUT2D eigenvalue weighted by atomic mass is 10.2. The Bertz CT molecular complexity index is 224. The van der Waals surface area contributed by atoms with Gasteiger partial charge in [-0.3, -0.25) is 5.01 Å². The van der Waals surface area contributed by atoms with Gasteiger partial charge in [-0.25, -0.2) is 0 Å². The summed E-state index contributed by atoms with van der Waals surface area (Å²) in [5.41, 5.74) is 1.95. The molecule has 0 aliphatic carbocycles. The van der Waals surface area contributed by atoms with E-state index in [1.165, 1.54) is 0 Å². The fourth-order valence-electron chi connectivity index (χ4n) is 0.790. The Morgan fingerprint density at radius 1 is 1.50 bits per heavy atom. The summed E-state index contributed by atoms with van der Waals surface area (Å²) in [6.07, 6.45) is 5.86. The van der Waals surface area contributed by atoms with E-state index in [1.54, 1.807) is 5.01 Å². The number of likely N-dealkylation sites (N-methyl/N-ethyl adjacent to an activating group) is 1. The second kappa shape index (κ2) is 5.35. The molecule has 0 amide bonds. The van der Waals surface area contributed by atoms with Crippen molar-refractivity contribution in [1.82, 2.24) is 5.01 Å². The number of rotatable bonds is 4. The van der Waals surface area contributed by atoms with Gasteiger partial charge in [0.25, 0.3) is 0 Å². The number of hydrogen-bond acceptors (Lipinski definition) is 2. The summed E-state index contributed by atoms with van der Waals surface area (Å²) >= 11 is 0. The van der Waals surface area contributed by atoms with Gasteiger partial charge in [0.1, 0.15) is 0 Å². The van der Waals surface area contributed by atoms with Gasteiger partial charge in [-0.1, -0.05) is 18.7 Å². The van der Waals surface area contributed by atoms with E-state index in [2.05, 4.69) is 18.4 Å². The molecule has 0 atom stereocenters. The summed E-state index contributed by atoms with van der Waals surface area (Å²) in [5, 5.41) is 5.48. The van der Waals surface area contributed by atoms with Crippen LogP contribution in [0.4, 0.5) is 0 Å². The third-order valence-corrected chi connectivity index (χ3v) is 1.44. The molecule has 0 unspecified atom stereocenters. The Balaban J connectivity index is 4.65. The van der Waals surface area contributed by atoms with Gasteiger partial charge < -0.3 is 0 Å². The van der Waals surface area contributed by atoms with Gasteiger partial charge in [0.15, 0.2) is 0 Å². The van der Waals surface area contributed by atoms with Crippen molar-refractivity contribution in [1.29, 1.82) is 0 Å². The van der Waals surface area contributed by atoms with E-state index in [4.69, 9.17) is 0 Å². The van der Waals surface area contributed by atoms with Crippen molar-refractivity contribution in [3.63, 3.8) is 0 Å². The van der Waals surface area contributed by atoms with Gasteiger partial charge in [0.05, 0.1) is 5.70 Å². The van der Waals surface area contributed by atoms with Crippen LogP contribution in [0.25, 0.3) is 0 Å². The standard InChI is InChI=1S/C10H16N2/c1-6-7-8-10(9(2)3)12(5)11-4/h6-8H,2,4H2,1,3,5H3/b7-6-,10-8+. The maximum atomic E-state index is 3.85. The fraction of sp³-hybridized carbons (Fsp3) is 0.300. The van der Waals surface area contributed by atoms with Crippen LogP contribution in [0.15, 0.2) is 41.2 Å². The molecule has 2 nitrogen and oxygen atoms in total. The van der Waals surface area contributed by atoms with E-state index in [1.807, 2.05) is 39.1 Å². The van der Waals surface area contributed by atoms with Crippen LogP contribution in [0.5, 0.6) is 0 Å². The van der Waals surface area contributed by atoms with Crippen molar-refractivity contribution in [2.75, 3.05) is 7.05 Å². The Kier molecular flexibility index (Phi) is 4.77. The molecule has 0 spiro atoms. The highest BCUT2D eigenvalue weighted by Crippen LogP contribution is 2.11. The van der Waals surface area contributed by atoms with Gasteiger partial charge in [0, 0.05) is 13.8 Å². The summed E-state index contributed by atoms with van der Waals surface area (Å²) in [6.45, 7) is 11.2. The second-order valence-electron chi connectivity index (χ2n) is 2.52. The summed E-state index contributed by atoms with van der Waals surface area (Å²) < 4.78 is 0. The van der Waals surface area contributed by atoms with E-state index < -0.39 is 0 Å². The largest absolute Gasteiger partial charge is 0.269 e. The molecule has 0 N–H and O–H groups in total. The van der Waals surface area contributed by atoms with Crippen LogP contribution in [0.2, 0.25) is 0 Å². The molecule has 12 heavy (non-hydrogen) atoms. The molecule has 0 aromatic carbocycles. The lowest BCUT2D eigenvalue weighted by Crippen LogP contribution is -2.10. The fourth-order valence-corrected chi connectivity index (χ4v) is 0.790. The predicted molar refractivity (Wildman–Crippen MR) is 55.0 cm³/mol. The third-order valence-electron chi connectivity index (χ3n) is 1.44. The van der Waals surface area contributed by atoms with Gasteiger partial charge in [-0.05, 0) is 25.5 Å². The van der Waals surface area contributed by atoms with Crippen LogP contribution in [0, 0.1) is 0 Å². The van der Waals surface area contributed by atoms with Crippen LogP contribution >= 0.6 is 0 Å². The molecule has 0 aliphatic rings. The molecule has 0 saturated heterocycles. The summed E-state index contributed by atoms with van der Waals surface area (Å²) in [5.74, 6) is 0. The van der Waals surface area contributed by atoms with Crippen molar-refractivity contribution in [2.24, 2.45) is 5.10 Å². The van der Waals surface area contributed by atoms with E-state index in [-0.39, 0.29) is 0 Å². The highest BCUT2D eigenvalue weighted by molar-refractivity contribution is 5.30. The molecule has 0 aromatic rings. The van der Waals surface area contributed by atoms with Crippen LogP contribution in [0.1, 0.15) is 13.8 Å². The van der Waals surface area contributed by atoms with Crippen molar-refractivity contribution >= 4 is 6.72 Å². The van der Waals surface area contributed by atoms with E-state index in [0.29, 0.717) is 0 Å². The van der Waals surface area contributed by atoms with Crippen LogP contribution in [-0.2, 0) is 0 Å². The minimum absolute atomic E-state index is 0.975. The maximum absolute atomic E-state index is 3.85. The molecule has 0 aliphatic heterocycles. The molecule has 0 rings (SSSR count). The third kappa shape index (κ3) is 3.19. The molecular weight excluding hydrogens is 148 g/mol. The Hall–Kier alpha value is -1.31. The topological polar surface area (TPSA) is 15.6 Å². The summed E-state index contributed by atoms with van der Waals surface area (Å²) in [4.78, 5) is 0. The van der Waals surface area contributed by atoms with Crippen LogP contribution in [-0.4, -0.2) is 18.8 Å². The lowest BCUT2D eigenvalue weighted by molar-refractivity contribution is 0.459. The summed E-state index contributed by atoms with van der Waals surface area (Å²) in [7, 11) is 1.84. The van der Waals surface area contributed by atoms with E-state index in [9.17, 15) is 0 Å². The first-order valence-corrected chi connectivity index (χ1v) is 3.82. The highest BCUT2D eigenvalue weighted by Gasteiger charge is 2.00. The molecule has 0 fully saturated rings. The zero-order chi connectivity index (χ0) is 9.56. The smallest absolute Gasteiger partial charge is 0.0613 e. The minimum Gasteiger partial charge on any atom is -0.269 e. The normalized spacial score (nSPS) is 11.8. The monoisotopic (exact) mass is 164 g/mol. The highest BCUT2D eigenvalue weighted by atomic mass is 15.4. The van der Waals surface area contributed by atoms with Crippen molar-refractivity contribution in [3.05, 3.63) is 36.1 Å². The first-order chi connectivity index (χ1) is 5.63. The number of allylic oxidation sites excluding steroid dienone is 4. The molecule has 0 bridgehead atoms. The molecule has 0 heterocycles. The van der Waals surface area contributed by atoms with Crippen molar-refractivity contribution in [3.8, 4) is 0 Å². The number of hydrazone groups is 1. The van der Waals surface area contributed by atoms with Gasteiger partial charge in [-0.2, -0.15) is 5.10 Å². The second-order valence-corrected chi connectivity index (χ2v) is 2.52. The Morgan fingerprint density at radius 2 is 2.08 bits per heavy atom. The molecule has 0 aromatic heterocycles. The van der Waals surface area contributed by atoms with Crippen molar-refractivity contribution < 1.29 is 0 Å². The van der Waals surface area contributed by atoms with E-state index >= 15 is 0 Å². The predicted octanol–water partition coefficient (Wildman–Crippen LogP) is 2.57. The average molecular weight is 164 g/mol. The minimum atomic E-state index is 0.975. The maximum Gasteiger partial charge on any atom is 0.0613 e. The molecule has 2 heteroatoms. The zero-order valence-corrected chi connectivity index (χ0v) is 8.04. The lowest BCUT2D eigenvalue weighted by Gasteiger charge is -2.15. The molecular formula is C10H16N2. The molecule has 0 saturated carbocycles. The first-order valence-electron chi connectivity index (χ1n) is 3.82. The first kappa shape index (κ1) is 10.7. The van der Waals surface area contributed by atoms with Gasteiger partial charge in [-0.15, -0.1) is 0 Å². The SMILES string of the molecule is C=NN(C)/C(=C/C=C\C)C(=C)C. The number of hydrogen-bond donors (Lipinski definition) is 0. The van der Waals surface area contributed by atoms with Gasteiger partial charge in [0.2, 0.25) is 0 Å². The van der Waals surface area contributed by atoms with Crippen LogP contribution in [0.3, 0.4) is 0 Å². The number of nitrogens with zero attached hydrogens (tertiary/aromatic N) is 2. The van der Waals surface area contributed by atoms with Crippen molar-refractivity contribution in [2.45, 2.75) is 13.8 Å². The van der Waals surface area contributed by atoms with Gasteiger partial charge >= 0.3 is 0 Å². The average Bonchev–Trinajstić information content (AvgIpc) is 2.04. The van der Waals surface area contributed by atoms with Crippen LogP contribution < -0.4 is 0 Å². The zero-order valence-electron chi connectivity index (χ0n) is 8.04. The summed E-state index contributed by atoms with van der Waals surface area (Å²) in [6, 6.07) is 0. The Morgan fingerprint density at radius 3 is 2.42 bits per heavy atom. The van der Waals surface area contributed by atoms with E-state index in [0.717, 1.165) is 11.3 Å². The Labute approximate surface area is 74.6 Å². The molecule has 66 valence electrons. The molecule has 0 radical (unpaired) electrons. The quantitative estimate of drug-likeness (QED) is 0.354.